The predicted molar refractivity (Wildman–Crippen MR) is 100 cm³/mol. The number of hydrogen-bond acceptors (Lipinski definition) is 2. The molecule has 120 valence electrons. The minimum atomic E-state index is -0.745. The molecular weight excluding hydrogens is 330 g/mol. The number of para-hydroxylation sites is 1. The quantitative estimate of drug-likeness (QED) is 0.600. The number of carbonyl (C=O) groups is 1. The van der Waals surface area contributed by atoms with Crippen molar-refractivity contribution >= 4 is 28.8 Å². The maximum absolute atomic E-state index is 13.5. The minimum absolute atomic E-state index is 0.131. The molecule has 1 spiro atoms. The molecular formula is C22H14ClNO. The van der Waals surface area contributed by atoms with Crippen molar-refractivity contribution < 1.29 is 4.79 Å². The first-order chi connectivity index (χ1) is 12.2. The van der Waals surface area contributed by atoms with Gasteiger partial charge in [-0.3, -0.25) is 9.79 Å². The van der Waals surface area contributed by atoms with E-state index < -0.39 is 5.41 Å². The molecule has 0 radical (unpaired) electrons. The van der Waals surface area contributed by atoms with Crippen LogP contribution in [0.25, 0.3) is 0 Å². The number of benzene rings is 3. The molecule has 2 nitrogen and oxygen atoms in total. The SMILES string of the molecule is O=C1c2ccccc2C[C@]12C(c1cccc(Cl)c1)=Nc1ccccc12. The number of halogens is 1. The zero-order valence-corrected chi connectivity index (χ0v) is 14.1. The molecule has 1 aliphatic heterocycles. The molecule has 1 aliphatic carbocycles. The Morgan fingerprint density at radius 2 is 1.72 bits per heavy atom. The molecule has 25 heavy (non-hydrogen) atoms. The molecule has 1 heterocycles. The molecule has 2 aliphatic rings. The van der Waals surface area contributed by atoms with Gasteiger partial charge in [0, 0.05) is 10.6 Å². The summed E-state index contributed by atoms with van der Waals surface area (Å²) in [6.45, 7) is 0. The van der Waals surface area contributed by atoms with Crippen LogP contribution in [0, 0.1) is 0 Å². The molecule has 0 unspecified atom stereocenters. The molecule has 3 aromatic carbocycles. The van der Waals surface area contributed by atoms with Gasteiger partial charge in [-0.1, -0.05) is 66.2 Å². The molecule has 3 aromatic rings. The molecule has 0 amide bonds. The summed E-state index contributed by atoms with van der Waals surface area (Å²) >= 11 is 6.22. The predicted octanol–water partition coefficient (Wildman–Crippen LogP) is 5.15. The molecule has 0 N–H and O–H groups in total. The van der Waals surface area contributed by atoms with Crippen LogP contribution >= 0.6 is 11.6 Å². The van der Waals surface area contributed by atoms with Crippen molar-refractivity contribution in [3.8, 4) is 0 Å². The highest BCUT2D eigenvalue weighted by atomic mass is 35.5. The largest absolute Gasteiger partial charge is 0.293 e. The van der Waals surface area contributed by atoms with Crippen molar-refractivity contribution in [1.82, 2.24) is 0 Å². The fraction of sp³-hybridized carbons (Fsp3) is 0.0909. The fourth-order valence-corrected chi connectivity index (χ4v) is 4.31. The molecule has 0 saturated carbocycles. The number of carbonyl (C=O) groups excluding carboxylic acids is 1. The van der Waals surface area contributed by atoms with Gasteiger partial charge in [0.15, 0.2) is 5.78 Å². The van der Waals surface area contributed by atoms with Gasteiger partial charge in [0.1, 0.15) is 5.41 Å². The first-order valence-electron chi connectivity index (χ1n) is 8.27. The van der Waals surface area contributed by atoms with Gasteiger partial charge >= 0.3 is 0 Å². The van der Waals surface area contributed by atoms with Crippen LogP contribution in [0.15, 0.2) is 77.8 Å². The zero-order chi connectivity index (χ0) is 17.0. The van der Waals surface area contributed by atoms with Crippen LogP contribution in [0.2, 0.25) is 5.02 Å². The fourth-order valence-electron chi connectivity index (χ4n) is 4.12. The highest BCUT2D eigenvalue weighted by molar-refractivity contribution is 6.33. The van der Waals surface area contributed by atoms with Crippen LogP contribution in [0.4, 0.5) is 5.69 Å². The van der Waals surface area contributed by atoms with Gasteiger partial charge in [-0.15, -0.1) is 0 Å². The smallest absolute Gasteiger partial charge is 0.180 e. The molecule has 3 heteroatoms. The van der Waals surface area contributed by atoms with Crippen LogP contribution in [-0.4, -0.2) is 11.5 Å². The van der Waals surface area contributed by atoms with Crippen molar-refractivity contribution in [1.29, 1.82) is 0 Å². The summed E-state index contributed by atoms with van der Waals surface area (Å²) in [4.78, 5) is 18.4. The van der Waals surface area contributed by atoms with Crippen molar-refractivity contribution in [3.05, 3.63) is 100 Å². The normalized spacial score (nSPS) is 20.5. The standard InChI is InChI=1S/C22H14ClNO/c23-16-8-5-7-14(12-16)20-22(18-10-3-4-11-19(18)24-20)13-15-6-1-2-9-17(15)21(22)25/h1-12H,13H2/t22-/m0/s1. The Balaban J connectivity index is 1.79. The first-order valence-corrected chi connectivity index (χ1v) is 8.65. The summed E-state index contributed by atoms with van der Waals surface area (Å²) in [5.74, 6) is 0.131. The first kappa shape index (κ1) is 14.6. The summed E-state index contributed by atoms with van der Waals surface area (Å²) in [7, 11) is 0. The average Bonchev–Trinajstić information content (AvgIpc) is 3.12. The lowest BCUT2D eigenvalue weighted by Crippen LogP contribution is -2.40. The number of fused-ring (bicyclic) bond motifs is 3. The van der Waals surface area contributed by atoms with Crippen LogP contribution in [0.1, 0.15) is 27.0 Å². The van der Waals surface area contributed by atoms with Crippen LogP contribution < -0.4 is 0 Å². The van der Waals surface area contributed by atoms with E-state index in [-0.39, 0.29) is 5.78 Å². The summed E-state index contributed by atoms with van der Waals surface area (Å²) in [5, 5.41) is 0.647. The number of Topliss-reactive ketones (excluding diaryl/α,β-unsaturated/α-hetero) is 1. The van der Waals surface area contributed by atoms with Crippen molar-refractivity contribution in [3.63, 3.8) is 0 Å². The topological polar surface area (TPSA) is 29.4 Å². The molecule has 0 saturated heterocycles. The van der Waals surface area contributed by atoms with E-state index in [9.17, 15) is 4.79 Å². The number of hydrogen-bond donors (Lipinski definition) is 0. The van der Waals surface area contributed by atoms with Crippen LogP contribution in [-0.2, 0) is 11.8 Å². The zero-order valence-electron chi connectivity index (χ0n) is 13.4. The van der Waals surface area contributed by atoms with E-state index in [0.29, 0.717) is 11.4 Å². The Morgan fingerprint density at radius 1 is 0.920 bits per heavy atom. The molecule has 5 rings (SSSR count). The maximum Gasteiger partial charge on any atom is 0.180 e. The van der Waals surface area contributed by atoms with Gasteiger partial charge in [0.2, 0.25) is 0 Å². The Hall–Kier alpha value is -2.71. The van der Waals surface area contributed by atoms with Gasteiger partial charge in [0.05, 0.1) is 11.4 Å². The van der Waals surface area contributed by atoms with Crippen molar-refractivity contribution in [2.45, 2.75) is 11.8 Å². The summed E-state index contributed by atoms with van der Waals surface area (Å²) in [5.41, 5.74) is 4.71. The van der Waals surface area contributed by atoms with E-state index in [2.05, 4.69) is 0 Å². The molecule has 0 aromatic heterocycles. The second kappa shape index (κ2) is 5.14. The van der Waals surface area contributed by atoms with E-state index in [4.69, 9.17) is 16.6 Å². The summed E-state index contributed by atoms with van der Waals surface area (Å²) < 4.78 is 0. The molecule has 0 bridgehead atoms. The Labute approximate surface area is 150 Å². The number of rotatable bonds is 1. The highest BCUT2D eigenvalue weighted by Gasteiger charge is 2.54. The lowest BCUT2D eigenvalue weighted by molar-refractivity contribution is 0.0947. The van der Waals surface area contributed by atoms with Gasteiger partial charge in [-0.2, -0.15) is 0 Å². The minimum Gasteiger partial charge on any atom is -0.293 e. The van der Waals surface area contributed by atoms with Gasteiger partial charge in [-0.25, -0.2) is 0 Å². The number of nitrogens with zero attached hydrogens (tertiary/aromatic N) is 1. The number of ketones is 1. The highest BCUT2D eigenvalue weighted by Crippen LogP contribution is 2.50. The molecule has 1 atom stereocenters. The van der Waals surface area contributed by atoms with E-state index in [1.807, 2.05) is 72.8 Å². The lowest BCUT2D eigenvalue weighted by Gasteiger charge is -2.25. The summed E-state index contributed by atoms with van der Waals surface area (Å²) in [6, 6.07) is 23.4. The lowest BCUT2D eigenvalue weighted by atomic mass is 9.72. The van der Waals surface area contributed by atoms with Gasteiger partial charge in [-0.05, 0) is 41.3 Å². The van der Waals surface area contributed by atoms with E-state index >= 15 is 0 Å². The molecule has 0 fully saturated rings. The average molecular weight is 344 g/mol. The van der Waals surface area contributed by atoms with Crippen molar-refractivity contribution in [2.75, 3.05) is 0 Å². The Bertz CT molecular complexity index is 1070. The third-order valence-electron chi connectivity index (χ3n) is 5.20. The summed E-state index contributed by atoms with van der Waals surface area (Å²) in [6.07, 6.45) is 0.643. The van der Waals surface area contributed by atoms with E-state index in [0.717, 1.165) is 33.7 Å². The van der Waals surface area contributed by atoms with E-state index in [1.165, 1.54) is 0 Å². The van der Waals surface area contributed by atoms with Crippen LogP contribution in [0.3, 0.4) is 0 Å². The second-order valence-corrected chi connectivity index (χ2v) is 6.99. The monoisotopic (exact) mass is 343 g/mol. The number of aliphatic imine (C=N–C) groups is 1. The Kier molecular flexibility index (Phi) is 3.01. The van der Waals surface area contributed by atoms with Gasteiger partial charge in [0.25, 0.3) is 0 Å². The van der Waals surface area contributed by atoms with Gasteiger partial charge < -0.3 is 0 Å². The van der Waals surface area contributed by atoms with Crippen molar-refractivity contribution in [2.24, 2.45) is 4.99 Å². The second-order valence-electron chi connectivity index (χ2n) is 6.56. The van der Waals surface area contributed by atoms with Crippen LogP contribution in [0.5, 0.6) is 0 Å². The van der Waals surface area contributed by atoms with E-state index in [1.54, 1.807) is 0 Å². The third kappa shape index (κ3) is 1.92. The maximum atomic E-state index is 13.5. The third-order valence-corrected chi connectivity index (χ3v) is 5.44. The Morgan fingerprint density at radius 3 is 2.56 bits per heavy atom.